The van der Waals surface area contributed by atoms with Crippen LogP contribution in [0, 0.1) is 17.3 Å². The van der Waals surface area contributed by atoms with Crippen LogP contribution in [0.4, 0.5) is 5.69 Å². The molecule has 132 valence electrons. The first-order chi connectivity index (χ1) is 12.0. The molecule has 2 heterocycles. The molecule has 0 aromatic carbocycles. The maximum Gasteiger partial charge on any atom is 0.226 e. The number of fused-ring (bicyclic) bond motifs is 1. The quantitative estimate of drug-likeness (QED) is 0.823. The lowest BCUT2D eigenvalue weighted by Crippen LogP contribution is -2.29. The van der Waals surface area contributed by atoms with E-state index in [-0.39, 0.29) is 5.91 Å². The number of rotatable bonds is 5. The number of nitrogens with two attached hydrogens (primary N) is 1. The Kier molecular flexibility index (Phi) is 3.82. The fraction of sp³-hybridized carbons (Fsp3) is 0.500. The summed E-state index contributed by atoms with van der Waals surface area (Å²) in [6.45, 7) is 5.26. The third kappa shape index (κ3) is 2.62. The minimum Gasteiger partial charge on any atom is -0.396 e. The van der Waals surface area contributed by atoms with Crippen LogP contribution in [0.2, 0.25) is 0 Å². The third-order valence-electron chi connectivity index (χ3n) is 6.31. The van der Waals surface area contributed by atoms with Gasteiger partial charge in [-0.3, -0.25) is 4.79 Å². The molecule has 0 bridgehead atoms. The molecule has 2 aromatic rings. The summed E-state index contributed by atoms with van der Waals surface area (Å²) >= 11 is 0. The van der Waals surface area contributed by atoms with Gasteiger partial charge in [0.15, 0.2) is 5.65 Å². The van der Waals surface area contributed by atoms with Gasteiger partial charge in [-0.15, -0.1) is 0 Å². The van der Waals surface area contributed by atoms with Crippen LogP contribution in [0.15, 0.2) is 36.2 Å². The average Bonchev–Trinajstić information content (AvgIpc) is 3.23. The first kappa shape index (κ1) is 16.2. The Morgan fingerprint density at radius 1 is 1.48 bits per heavy atom. The van der Waals surface area contributed by atoms with Gasteiger partial charge in [-0.1, -0.05) is 25.5 Å². The van der Waals surface area contributed by atoms with E-state index in [1.54, 1.807) is 6.20 Å². The van der Waals surface area contributed by atoms with Crippen LogP contribution in [-0.2, 0) is 11.2 Å². The molecule has 1 fully saturated rings. The lowest BCUT2D eigenvalue weighted by atomic mass is 9.82. The number of carbonyl (C=O) groups excluding carboxylic acids is 1. The number of pyridine rings is 1. The number of imidazole rings is 1. The van der Waals surface area contributed by atoms with Gasteiger partial charge in [0.2, 0.25) is 5.91 Å². The second-order valence-electron chi connectivity index (χ2n) is 7.57. The number of carbonyl (C=O) groups is 1. The second-order valence-corrected chi connectivity index (χ2v) is 7.57. The highest BCUT2D eigenvalue weighted by Gasteiger charge is 2.55. The van der Waals surface area contributed by atoms with E-state index in [4.69, 9.17) is 5.73 Å². The number of hydrogen-bond acceptors (Lipinski definition) is 3. The van der Waals surface area contributed by atoms with Gasteiger partial charge in [-0.05, 0) is 48.6 Å². The monoisotopic (exact) mass is 338 g/mol. The van der Waals surface area contributed by atoms with Gasteiger partial charge in [0.05, 0.1) is 17.8 Å². The van der Waals surface area contributed by atoms with Crippen molar-refractivity contribution in [3.8, 4) is 0 Å². The molecule has 0 radical (unpaired) electrons. The molecule has 2 aliphatic rings. The normalized spacial score (nSPS) is 23.8. The van der Waals surface area contributed by atoms with E-state index in [1.165, 1.54) is 24.8 Å². The topological polar surface area (TPSA) is 72.4 Å². The Morgan fingerprint density at radius 2 is 2.28 bits per heavy atom. The summed E-state index contributed by atoms with van der Waals surface area (Å²) < 4.78 is 1.89. The molecule has 2 aromatic heterocycles. The highest BCUT2D eigenvalue weighted by atomic mass is 16.1. The van der Waals surface area contributed by atoms with Crippen molar-refractivity contribution in [2.45, 2.75) is 39.5 Å². The van der Waals surface area contributed by atoms with Gasteiger partial charge in [-0.2, -0.15) is 0 Å². The van der Waals surface area contributed by atoms with Crippen LogP contribution in [0.3, 0.4) is 0 Å². The number of nitrogens with one attached hydrogen (secondary N) is 1. The highest BCUT2D eigenvalue weighted by molar-refractivity contribution is 5.79. The number of nitrogen functional groups attached to an aromatic ring is 1. The molecule has 4 rings (SSSR count). The van der Waals surface area contributed by atoms with Crippen LogP contribution >= 0.6 is 0 Å². The number of nitrogens with zero attached hydrogens (tertiary/aromatic N) is 2. The van der Waals surface area contributed by atoms with E-state index in [0.717, 1.165) is 5.69 Å². The Morgan fingerprint density at radius 3 is 2.96 bits per heavy atom. The van der Waals surface area contributed by atoms with Gasteiger partial charge in [0.25, 0.3) is 0 Å². The van der Waals surface area contributed by atoms with Gasteiger partial charge >= 0.3 is 0 Å². The van der Waals surface area contributed by atoms with Gasteiger partial charge in [-0.25, -0.2) is 4.98 Å². The largest absolute Gasteiger partial charge is 0.396 e. The number of hydrogen-bond donors (Lipinski definition) is 2. The van der Waals surface area contributed by atoms with Crippen LogP contribution < -0.4 is 11.1 Å². The fourth-order valence-electron chi connectivity index (χ4n) is 4.59. The SMILES string of the molecule is CCC1C=C(CNC(=O)Cc2cnc3c(N)cccn23)C(C)C12CC2. The molecular formula is C20H26N4O. The summed E-state index contributed by atoms with van der Waals surface area (Å²) in [5.74, 6) is 1.31. The van der Waals surface area contributed by atoms with Crippen molar-refractivity contribution < 1.29 is 4.79 Å². The van der Waals surface area contributed by atoms with E-state index in [0.29, 0.717) is 41.6 Å². The summed E-state index contributed by atoms with van der Waals surface area (Å²) in [7, 11) is 0. The van der Waals surface area contributed by atoms with Crippen molar-refractivity contribution in [3.05, 3.63) is 41.9 Å². The molecule has 1 saturated carbocycles. The molecule has 2 atom stereocenters. The Balaban J connectivity index is 1.40. The van der Waals surface area contributed by atoms with E-state index >= 15 is 0 Å². The van der Waals surface area contributed by atoms with E-state index in [2.05, 4.69) is 30.2 Å². The van der Waals surface area contributed by atoms with Gasteiger partial charge in [0, 0.05) is 18.9 Å². The van der Waals surface area contributed by atoms with Crippen molar-refractivity contribution in [1.82, 2.24) is 14.7 Å². The van der Waals surface area contributed by atoms with Gasteiger partial charge in [0.1, 0.15) is 0 Å². The summed E-state index contributed by atoms with van der Waals surface area (Å²) in [6.07, 6.45) is 10.2. The Hall–Kier alpha value is -2.30. The first-order valence-electron chi connectivity index (χ1n) is 9.23. The lowest BCUT2D eigenvalue weighted by Gasteiger charge is -2.22. The minimum atomic E-state index is 0.0297. The fourth-order valence-corrected chi connectivity index (χ4v) is 4.59. The first-order valence-corrected chi connectivity index (χ1v) is 9.23. The standard InChI is InChI=1S/C20H26N4O/c1-3-15-9-14(13(2)20(15)6-7-20)11-22-18(25)10-16-12-23-19-17(21)5-4-8-24(16)19/h4-5,8-9,12-13,15H,3,6-7,10-11,21H2,1-2H3,(H,22,25). The van der Waals surface area contributed by atoms with Crippen LogP contribution in [-0.4, -0.2) is 21.8 Å². The van der Waals surface area contributed by atoms with E-state index < -0.39 is 0 Å². The molecule has 3 N–H and O–H groups in total. The molecule has 25 heavy (non-hydrogen) atoms. The smallest absolute Gasteiger partial charge is 0.226 e. The number of anilines is 1. The Bertz CT molecular complexity index is 846. The van der Waals surface area contributed by atoms with Crippen LogP contribution in [0.1, 0.15) is 38.8 Å². The summed E-state index contributed by atoms with van der Waals surface area (Å²) in [5.41, 5.74) is 10.0. The Labute approximate surface area is 148 Å². The zero-order valence-corrected chi connectivity index (χ0v) is 15.0. The number of allylic oxidation sites excluding steroid dienone is 1. The molecule has 5 nitrogen and oxygen atoms in total. The molecule has 1 amide bonds. The molecule has 5 heteroatoms. The predicted molar refractivity (Wildman–Crippen MR) is 99.0 cm³/mol. The summed E-state index contributed by atoms with van der Waals surface area (Å²) in [6, 6.07) is 3.69. The van der Waals surface area contributed by atoms with Crippen molar-refractivity contribution >= 4 is 17.2 Å². The van der Waals surface area contributed by atoms with Crippen molar-refractivity contribution in [3.63, 3.8) is 0 Å². The second kappa shape index (κ2) is 5.90. The summed E-state index contributed by atoms with van der Waals surface area (Å²) in [4.78, 5) is 16.7. The van der Waals surface area contributed by atoms with E-state index in [1.807, 2.05) is 22.7 Å². The van der Waals surface area contributed by atoms with E-state index in [9.17, 15) is 4.79 Å². The molecule has 0 saturated heterocycles. The van der Waals surface area contributed by atoms with Crippen LogP contribution in [0.25, 0.3) is 5.65 Å². The highest BCUT2D eigenvalue weighted by Crippen LogP contribution is 2.64. The molecule has 1 spiro atoms. The minimum absolute atomic E-state index is 0.0297. The average molecular weight is 338 g/mol. The molecule has 0 aliphatic heterocycles. The summed E-state index contributed by atoms with van der Waals surface area (Å²) in [5, 5.41) is 3.10. The maximum absolute atomic E-state index is 12.4. The number of aromatic nitrogens is 2. The number of amides is 1. The van der Waals surface area contributed by atoms with Crippen molar-refractivity contribution in [2.24, 2.45) is 17.3 Å². The molecular weight excluding hydrogens is 312 g/mol. The lowest BCUT2D eigenvalue weighted by molar-refractivity contribution is -0.120. The molecule has 2 aliphatic carbocycles. The zero-order chi connectivity index (χ0) is 17.6. The predicted octanol–water partition coefficient (Wildman–Crippen LogP) is 2.96. The maximum atomic E-state index is 12.4. The zero-order valence-electron chi connectivity index (χ0n) is 15.0. The van der Waals surface area contributed by atoms with Crippen LogP contribution in [0.5, 0.6) is 0 Å². The van der Waals surface area contributed by atoms with Crippen molar-refractivity contribution in [1.29, 1.82) is 0 Å². The third-order valence-corrected chi connectivity index (χ3v) is 6.31. The molecule has 2 unspecified atom stereocenters. The van der Waals surface area contributed by atoms with Crippen molar-refractivity contribution in [2.75, 3.05) is 12.3 Å². The van der Waals surface area contributed by atoms with Gasteiger partial charge < -0.3 is 15.5 Å².